The van der Waals surface area contributed by atoms with Crippen molar-refractivity contribution in [3.8, 4) is 0 Å². The van der Waals surface area contributed by atoms with E-state index in [2.05, 4.69) is 30.5 Å². The maximum Gasteiger partial charge on any atom is 0.217 e. The molecule has 9 heteroatoms. The Kier molecular flexibility index (Phi) is 5.67. The first kappa shape index (κ1) is 20.9. The zero-order valence-electron chi connectivity index (χ0n) is 17.6. The van der Waals surface area contributed by atoms with Crippen molar-refractivity contribution in [1.29, 1.82) is 0 Å². The summed E-state index contributed by atoms with van der Waals surface area (Å²) in [6.07, 6.45) is 2.54. The second-order valence-electron chi connectivity index (χ2n) is 7.84. The van der Waals surface area contributed by atoms with E-state index >= 15 is 0 Å². The van der Waals surface area contributed by atoms with Gasteiger partial charge in [-0.1, -0.05) is 6.07 Å². The number of nitrogens with zero attached hydrogens (tertiary/aromatic N) is 4. The molecule has 0 unspecified atom stereocenters. The van der Waals surface area contributed by atoms with Gasteiger partial charge in [0.05, 0.1) is 17.8 Å². The van der Waals surface area contributed by atoms with Crippen molar-refractivity contribution >= 4 is 28.4 Å². The van der Waals surface area contributed by atoms with Crippen LogP contribution in [0, 0.1) is 18.6 Å². The SMILES string of the molecule is CC(=O)N[C@@H]1CCN(c2cc3c(N[C@H](C)c4ccc(F)cc4F)nc(C)nc3cn2)C1. The number of anilines is 2. The standard InChI is InChI=1S/C22H24F2N6O/c1-12(17-5-4-15(23)8-19(17)24)26-22-18-9-21(25-10-20(18)27-13(2)28-22)30-7-6-16(11-30)29-14(3)31/h4-5,8-10,12,16H,6-7,11H2,1-3H3,(H,29,31)(H,26,27,28)/t12-,16-/m1/s1. The Bertz CT molecular complexity index is 1140. The zero-order chi connectivity index (χ0) is 22.1. The third-order valence-electron chi connectivity index (χ3n) is 5.38. The molecule has 4 rings (SSSR count). The van der Waals surface area contributed by atoms with Gasteiger partial charge in [-0.3, -0.25) is 4.79 Å². The van der Waals surface area contributed by atoms with Crippen molar-refractivity contribution in [3.05, 3.63) is 53.5 Å². The van der Waals surface area contributed by atoms with Gasteiger partial charge in [0.2, 0.25) is 5.91 Å². The van der Waals surface area contributed by atoms with E-state index in [1.807, 2.05) is 6.07 Å². The average molecular weight is 426 g/mol. The Morgan fingerprint density at radius 2 is 2.06 bits per heavy atom. The molecule has 3 heterocycles. The van der Waals surface area contributed by atoms with Gasteiger partial charge in [0, 0.05) is 43.1 Å². The fourth-order valence-corrected chi connectivity index (χ4v) is 3.93. The Hall–Kier alpha value is -3.36. The van der Waals surface area contributed by atoms with Gasteiger partial charge >= 0.3 is 0 Å². The summed E-state index contributed by atoms with van der Waals surface area (Å²) in [4.78, 5) is 27.0. The number of hydrogen-bond acceptors (Lipinski definition) is 6. The quantitative estimate of drug-likeness (QED) is 0.650. The van der Waals surface area contributed by atoms with Crippen LogP contribution in [0.4, 0.5) is 20.4 Å². The molecule has 0 aliphatic carbocycles. The minimum absolute atomic E-state index is 0.0457. The zero-order valence-corrected chi connectivity index (χ0v) is 17.6. The van der Waals surface area contributed by atoms with Gasteiger partial charge in [-0.25, -0.2) is 23.7 Å². The molecule has 1 aromatic carbocycles. The first-order chi connectivity index (χ1) is 14.8. The number of amides is 1. The van der Waals surface area contributed by atoms with Crippen molar-refractivity contribution in [2.75, 3.05) is 23.3 Å². The molecule has 0 spiro atoms. The lowest BCUT2D eigenvalue weighted by Crippen LogP contribution is -2.35. The fraction of sp³-hybridized carbons (Fsp3) is 0.364. The lowest BCUT2D eigenvalue weighted by Gasteiger charge is -2.20. The third kappa shape index (κ3) is 4.55. The Morgan fingerprint density at radius 3 is 2.81 bits per heavy atom. The summed E-state index contributed by atoms with van der Waals surface area (Å²) in [5.41, 5.74) is 1.01. The van der Waals surface area contributed by atoms with Crippen LogP contribution < -0.4 is 15.5 Å². The van der Waals surface area contributed by atoms with E-state index in [-0.39, 0.29) is 11.9 Å². The second-order valence-corrected chi connectivity index (χ2v) is 7.84. The smallest absolute Gasteiger partial charge is 0.217 e. The van der Waals surface area contributed by atoms with Gasteiger partial charge in [0.1, 0.15) is 29.1 Å². The Labute approximate surface area is 178 Å². The maximum atomic E-state index is 14.2. The normalized spacial score (nSPS) is 17.1. The van der Waals surface area contributed by atoms with E-state index in [0.29, 0.717) is 29.3 Å². The number of rotatable bonds is 5. The fourth-order valence-electron chi connectivity index (χ4n) is 3.93. The van der Waals surface area contributed by atoms with Crippen LogP contribution in [0.15, 0.2) is 30.5 Å². The summed E-state index contributed by atoms with van der Waals surface area (Å²) in [5.74, 6) is 0.601. The van der Waals surface area contributed by atoms with Crippen LogP contribution in [0.3, 0.4) is 0 Å². The summed E-state index contributed by atoms with van der Waals surface area (Å²) >= 11 is 0. The van der Waals surface area contributed by atoms with Gasteiger partial charge in [-0.2, -0.15) is 0 Å². The molecule has 7 nitrogen and oxygen atoms in total. The minimum atomic E-state index is -0.615. The van der Waals surface area contributed by atoms with E-state index < -0.39 is 17.7 Å². The molecule has 0 radical (unpaired) electrons. The molecule has 2 N–H and O–H groups in total. The van der Waals surface area contributed by atoms with Crippen LogP contribution in [0.1, 0.15) is 37.7 Å². The number of halogens is 2. The highest BCUT2D eigenvalue weighted by Gasteiger charge is 2.24. The molecular weight excluding hydrogens is 402 g/mol. The Balaban J connectivity index is 1.64. The Morgan fingerprint density at radius 1 is 1.26 bits per heavy atom. The molecule has 1 aliphatic rings. The number of fused-ring (bicyclic) bond motifs is 1. The molecule has 162 valence electrons. The van der Waals surface area contributed by atoms with E-state index in [0.717, 1.165) is 30.2 Å². The number of aryl methyl sites for hydroxylation is 1. The number of benzene rings is 1. The van der Waals surface area contributed by atoms with E-state index in [4.69, 9.17) is 0 Å². The molecule has 1 aliphatic heterocycles. The van der Waals surface area contributed by atoms with E-state index in [1.54, 1.807) is 20.0 Å². The van der Waals surface area contributed by atoms with E-state index in [1.165, 1.54) is 19.1 Å². The van der Waals surface area contributed by atoms with Crippen LogP contribution in [-0.4, -0.2) is 40.0 Å². The van der Waals surface area contributed by atoms with Gasteiger partial charge in [-0.15, -0.1) is 0 Å². The summed E-state index contributed by atoms with van der Waals surface area (Å²) in [6.45, 7) is 6.53. The van der Waals surface area contributed by atoms with Crippen molar-refractivity contribution in [3.63, 3.8) is 0 Å². The van der Waals surface area contributed by atoms with Crippen LogP contribution in [0.25, 0.3) is 10.9 Å². The number of hydrogen-bond donors (Lipinski definition) is 2. The monoisotopic (exact) mass is 426 g/mol. The number of carbonyl (C=O) groups is 1. The van der Waals surface area contributed by atoms with Crippen LogP contribution in [-0.2, 0) is 4.79 Å². The van der Waals surface area contributed by atoms with Crippen molar-refractivity contribution in [1.82, 2.24) is 20.3 Å². The minimum Gasteiger partial charge on any atom is -0.363 e. The highest BCUT2D eigenvalue weighted by Crippen LogP contribution is 2.29. The highest BCUT2D eigenvalue weighted by atomic mass is 19.1. The van der Waals surface area contributed by atoms with Crippen molar-refractivity contribution in [2.24, 2.45) is 0 Å². The van der Waals surface area contributed by atoms with E-state index in [9.17, 15) is 13.6 Å². The molecule has 2 aromatic heterocycles. The third-order valence-corrected chi connectivity index (χ3v) is 5.38. The first-order valence-electron chi connectivity index (χ1n) is 10.2. The first-order valence-corrected chi connectivity index (χ1v) is 10.2. The predicted molar refractivity (Wildman–Crippen MR) is 115 cm³/mol. The number of carbonyl (C=O) groups excluding carboxylic acids is 1. The van der Waals surface area contributed by atoms with Crippen molar-refractivity contribution < 1.29 is 13.6 Å². The molecule has 31 heavy (non-hydrogen) atoms. The second kappa shape index (κ2) is 8.41. The molecule has 1 fully saturated rings. The summed E-state index contributed by atoms with van der Waals surface area (Å²) in [5, 5.41) is 6.94. The predicted octanol–water partition coefficient (Wildman–Crippen LogP) is 3.50. The largest absolute Gasteiger partial charge is 0.363 e. The molecular formula is C22H24F2N6O. The summed E-state index contributed by atoms with van der Waals surface area (Å²) in [6, 6.07) is 5.09. The van der Waals surface area contributed by atoms with Gasteiger partial charge in [-0.05, 0) is 32.4 Å². The topological polar surface area (TPSA) is 83.0 Å². The summed E-state index contributed by atoms with van der Waals surface area (Å²) < 4.78 is 27.5. The molecule has 2 atom stereocenters. The van der Waals surface area contributed by atoms with Gasteiger partial charge in [0.15, 0.2) is 0 Å². The van der Waals surface area contributed by atoms with Crippen LogP contribution >= 0.6 is 0 Å². The van der Waals surface area contributed by atoms with Crippen LogP contribution in [0.2, 0.25) is 0 Å². The average Bonchev–Trinajstić information content (AvgIpc) is 3.15. The van der Waals surface area contributed by atoms with Crippen molar-refractivity contribution in [2.45, 2.75) is 39.3 Å². The lowest BCUT2D eigenvalue weighted by molar-refractivity contribution is -0.119. The van der Waals surface area contributed by atoms with Gasteiger partial charge in [0.25, 0.3) is 0 Å². The van der Waals surface area contributed by atoms with Gasteiger partial charge < -0.3 is 15.5 Å². The number of aromatic nitrogens is 3. The molecule has 3 aromatic rings. The summed E-state index contributed by atoms with van der Waals surface area (Å²) in [7, 11) is 0. The number of nitrogens with one attached hydrogen (secondary N) is 2. The number of pyridine rings is 1. The molecule has 1 saturated heterocycles. The molecule has 1 amide bonds. The van der Waals surface area contributed by atoms with Crippen LogP contribution in [0.5, 0.6) is 0 Å². The highest BCUT2D eigenvalue weighted by molar-refractivity contribution is 5.90. The lowest BCUT2D eigenvalue weighted by atomic mass is 10.1. The molecule has 0 bridgehead atoms. The maximum absolute atomic E-state index is 14.2. The molecule has 0 saturated carbocycles.